The summed E-state index contributed by atoms with van der Waals surface area (Å²) in [6.45, 7) is 6.16. The molecule has 7 heteroatoms. The van der Waals surface area contributed by atoms with Crippen LogP contribution in [0.2, 0.25) is 0 Å². The third-order valence-corrected chi connectivity index (χ3v) is 6.46. The zero-order valence-electron chi connectivity index (χ0n) is 15.6. The lowest BCUT2D eigenvalue weighted by molar-refractivity contribution is -0.118. The van der Waals surface area contributed by atoms with Gasteiger partial charge < -0.3 is 5.32 Å². The van der Waals surface area contributed by atoms with Gasteiger partial charge in [-0.2, -0.15) is 0 Å². The van der Waals surface area contributed by atoms with E-state index in [1.807, 2.05) is 36.6 Å². The first kappa shape index (κ1) is 19.0. The molecule has 1 aromatic carbocycles. The third-order valence-electron chi connectivity index (χ3n) is 4.61. The molecular weight excluding hydrogens is 390 g/mol. The zero-order valence-corrected chi connectivity index (χ0v) is 17.2. The van der Waals surface area contributed by atoms with Crippen molar-refractivity contribution in [3.05, 3.63) is 58.2 Å². The van der Waals surface area contributed by atoms with Crippen LogP contribution in [0.5, 0.6) is 0 Å². The number of carbonyl (C=O) groups excluding carboxylic acids is 1. The number of amides is 1. The van der Waals surface area contributed by atoms with Crippen molar-refractivity contribution in [2.75, 3.05) is 5.75 Å². The molecule has 4 rings (SSSR count). The van der Waals surface area contributed by atoms with E-state index in [0.29, 0.717) is 28.0 Å². The number of aryl methyl sites for hydroxylation is 1. The van der Waals surface area contributed by atoms with Crippen LogP contribution < -0.4 is 10.9 Å². The van der Waals surface area contributed by atoms with Crippen molar-refractivity contribution in [3.63, 3.8) is 0 Å². The second-order valence-electron chi connectivity index (χ2n) is 6.92. The summed E-state index contributed by atoms with van der Waals surface area (Å²) >= 11 is 2.76. The zero-order chi connectivity index (χ0) is 19.7. The van der Waals surface area contributed by atoms with Gasteiger partial charge in [-0.1, -0.05) is 47.7 Å². The fourth-order valence-electron chi connectivity index (χ4n) is 2.98. The van der Waals surface area contributed by atoms with E-state index in [9.17, 15) is 9.59 Å². The Bertz CT molecular complexity index is 1100. The van der Waals surface area contributed by atoms with Gasteiger partial charge in [-0.25, -0.2) is 4.98 Å². The number of hydrogen-bond donors (Lipinski definition) is 1. The van der Waals surface area contributed by atoms with E-state index >= 15 is 0 Å². The Balaban J connectivity index is 1.71. The highest BCUT2D eigenvalue weighted by Crippen LogP contribution is 2.32. The van der Waals surface area contributed by atoms with Crippen molar-refractivity contribution in [3.8, 4) is 11.1 Å². The molecule has 1 amide bonds. The molecule has 0 spiro atoms. The molecule has 0 aliphatic heterocycles. The highest BCUT2D eigenvalue weighted by Gasteiger charge is 2.24. The number of fused-ring (bicyclic) bond motifs is 1. The molecule has 144 valence electrons. The summed E-state index contributed by atoms with van der Waals surface area (Å²) in [5.74, 6) is 0.237. The lowest BCUT2D eigenvalue weighted by Crippen LogP contribution is -2.28. The smallest absolute Gasteiger partial charge is 0.263 e. The molecule has 2 heterocycles. The van der Waals surface area contributed by atoms with Crippen molar-refractivity contribution >= 4 is 39.2 Å². The Kier molecular flexibility index (Phi) is 5.37. The predicted octanol–water partition coefficient (Wildman–Crippen LogP) is 3.99. The van der Waals surface area contributed by atoms with Crippen LogP contribution in [-0.2, 0) is 11.3 Å². The standard InChI is InChI=1S/C21H21N3O2S2/c1-3-10-24-20(26)18-16(14-6-4-13(2)5-7-14)11-27-19(18)23-21(24)28-12-17(25)22-15-8-9-15/h3-7,11,15H,1,8-10,12H2,2H3,(H,22,25). The van der Waals surface area contributed by atoms with Crippen LogP contribution in [0.1, 0.15) is 18.4 Å². The van der Waals surface area contributed by atoms with E-state index < -0.39 is 0 Å². The van der Waals surface area contributed by atoms with Crippen LogP contribution in [-0.4, -0.2) is 27.3 Å². The SMILES string of the molecule is C=CCn1c(SCC(=O)NC2CC2)nc2scc(-c3ccc(C)cc3)c2c1=O. The molecule has 0 bridgehead atoms. The van der Waals surface area contributed by atoms with Gasteiger partial charge in [0.05, 0.1) is 11.1 Å². The van der Waals surface area contributed by atoms with E-state index in [0.717, 1.165) is 24.0 Å². The first-order valence-corrected chi connectivity index (χ1v) is 11.1. The summed E-state index contributed by atoms with van der Waals surface area (Å²) in [4.78, 5) is 30.7. The molecular formula is C21H21N3O2S2. The van der Waals surface area contributed by atoms with Gasteiger partial charge in [-0.05, 0) is 25.3 Å². The fourth-order valence-corrected chi connectivity index (χ4v) is 4.79. The molecule has 1 fully saturated rings. The van der Waals surface area contributed by atoms with E-state index in [2.05, 4.69) is 11.9 Å². The number of nitrogens with one attached hydrogen (secondary N) is 1. The number of carbonyl (C=O) groups is 1. The normalized spacial score (nSPS) is 13.6. The summed E-state index contributed by atoms with van der Waals surface area (Å²) < 4.78 is 1.61. The van der Waals surface area contributed by atoms with E-state index in [1.54, 1.807) is 10.6 Å². The number of thiophene rings is 1. The summed E-state index contributed by atoms with van der Waals surface area (Å²) in [7, 11) is 0. The van der Waals surface area contributed by atoms with Gasteiger partial charge >= 0.3 is 0 Å². The van der Waals surface area contributed by atoms with Crippen molar-refractivity contribution < 1.29 is 4.79 Å². The number of aromatic nitrogens is 2. The second kappa shape index (κ2) is 7.93. The van der Waals surface area contributed by atoms with Crippen molar-refractivity contribution in [2.24, 2.45) is 0 Å². The molecule has 1 aliphatic carbocycles. The molecule has 1 saturated carbocycles. The van der Waals surface area contributed by atoms with Gasteiger partial charge in [-0.15, -0.1) is 17.9 Å². The minimum atomic E-state index is -0.0909. The van der Waals surface area contributed by atoms with Gasteiger partial charge in [0.2, 0.25) is 5.91 Å². The highest BCUT2D eigenvalue weighted by molar-refractivity contribution is 7.99. The van der Waals surface area contributed by atoms with Crippen LogP contribution in [0, 0.1) is 6.92 Å². The Labute approximate surface area is 171 Å². The summed E-state index contributed by atoms with van der Waals surface area (Å²) in [5, 5.41) is 6.13. The maximum absolute atomic E-state index is 13.3. The number of hydrogen-bond acceptors (Lipinski definition) is 5. The number of rotatable bonds is 7. The topological polar surface area (TPSA) is 64.0 Å². The van der Waals surface area contributed by atoms with E-state index in [-0.39, 0.29) is 17.2 Å². The van der Waals surface area contributed by atoms with Crippen LogP contribution >= 0.6 is 23.1 Å². The fraction of sp³-hybridized carbons (Fsp3) is 0.286. The number of allylic oxidation sites excluding steroid dienone is 1. The van der Waals surface area contributed by atoms with Gasteiger partial charge in [0, 0.05) is 23.5 Å². The summed E-state index contributed by atoms with van der Waals surface area (Å²) in [6, 6.07) is 8.46. The van der Waals surface area contributed by atoms with Crippen LogP contribution in [0.25, 0.3) is 21.3 Å². The molecule has 1 N–H and O–H groups in total. The first-order chi connectivity index (χ1) is 13.6. The summed E-state index contributed by atoms with van der Waals surface area (Å²) in [5.41, 5.74) is 2.99. The molecule has 0 atom stereocenters. The van der Waals surface area contributed by atoms with E-state index in [1.165, 1.54) is 28.7 Å². The Hall–Kier alpha value is -2.38. The molecule has 1 aliphatic rings. The predicted molar refractivity (Wildman–Crippen MR) is 116 cm³/mol. The van der Waals surface area contributed by atoms with Crippen LogP contribution in [0.15, 0.2) is 52.3 Å². The minimum absolute atomic E-state index is 0.0153. The van der Waals surface area contributed by atoms with Crippen LogP contribution in [0.4, 0.5) is 0 Å². The molecule has 28 heavy (non-hydrogen) atoms. The number of benzene rings is 1. The van der Waals surface area contributed by atoms with Gasteiger partial charge in [0.1, 0.15) is 4.83 Å². The molecule has 0 radical (unpaired) electrons. The van der Waals surface area contributed by atoms with Crippen molar-refractivity contribution in [1.82, 2.24) is 14.9 Å². The average molecular weight is 412 g/mol. The average Bonchev–Trinajstić information content (AvgIpc) is 3.39. The Morgan fingerprint density at radius 2 is 2.14 bits per heavy atom. The first-order valence-electron chi connectivity index (χ1n) is 9.19. The molecule has 2 aromatic heterocycles. The van der Waals surface area contributed by atoms with Crippen LogP contribution in [0.3, 0.4) is 0 Å². The maximum atomic E-state index is 13.3. The Morgan fingerprint density at radius 3 is 2.82 bits per heavy atom. The minimum Gasteiger partial charge on any atom is -0.353 e. The largest absolute Gasteiger partial charge is 0.353 e. The molecule has 0 unspecified atom stereocenters. The van der Waals surface area contributed by atoms with Crippen molar-refractivity contribution in [1.29, 1.82) is 0 Å². The highest BCUT2D eigenvalue weighted by atomic mass is 32.2. The number of nitrogens with zero attached hydrogens (tertiary/aromatic N) is 2. The van der Waals surface area contributed by atoms with Crippen molar-refractivity contribution in [2.45, 2.75) is 37.5 Å². The molecule has 5 nitrogen and oxygen atoms in total. The lowest BCUT2D eigenvalue weighted by Gasteiger charge is -2.11. The summed E-state index contributed by atoms with van der Waals surface area (Å²) in [6.07, 6.45) is 3.79. The molecule has 3 aromatic rings. The number of thioether (sulfide) groups is 1. The monoisotopic (exact) mass is 411 g/mol. The molecule has 0 saturated heterocycles. The Morgan fingerprint density at radius 1 is 1.39 bits per heavy atom. The van der Waals surface area contributed by atoms with Gasteiger partial charge in [0.15, 0.2) is 5.16 Å². The quantitative estimate of drug-likeness (QED) is 0.363. The van der Waals surface area contributed by atoms with Gasteiger partial charge in [0.25, 0.3) is 5.56 Å². The van der Waals surface area contributed by atoms with E-state index in [4.69, 9.17) is 4.98 Å². The second-order valence-corrected chi connectivity index (χ2v) is 8.73. The third kappa shape index (κ3) is 3.91. The maximum Gasteiger partial charge on any atom is 0.263 e. The lowest BCUT2D eigenvalue weighted by atomic mass is 10.1. The van der Waals surface area contributed by atoms with Gasteiger partial charge in [-0.3, -0.25) is 14.2 Å².